The van der Waals surface area contributed by atoms with Crippen LogP contribution in [0.25, 0.3) is 0 Å². The molecule has 2 unspecified atom stereocenters. The lowest BCUT2D eigenvalue weighted by molar-refractivity contribution is 0.505. The fourth-order valence-electron chi connectivity index (χ4n) is 1.45. The Balaban J connectivity index is 2.93. The van der Waals surface area contributed by atoms with Crippen molar-refractivity contribution in [2.75, 3.05) is 0 Å². The molecule has 5 heteroatoms. The Labute approximate surface area is 120 Å². The molecule has 0 bridgehead atoms. The summed E-state index contributed by atoms with van der Waals surface area (Å²) < 4.78 is 29.3. The lowest BCUT2D eigenvalue weighted by Gasteiger charge is -2.27. The van der Waals surface area contributed by atoms with E-state index < -0.39 is 11.4 Å². The van der Waals surface area contributed by atoms with Crippen LogP contribution in [-0.2, 0) is 11.4 Å². The first-order valence-electron chi connectivity index (χ1n) is 5.88. The van der Waals surface area contributed by atoms with Gasteiger partial charge in [-0.3, -0.25) is 0 Å². The smallest absolute Gasteiger partial charge is 0.136 e. The zero-order valence-corrected chi connectivity index (χ0v) is 13.5. The summed E-state index contributed by atoms with van der Waals surface area (Å²) in [6.45, 7) is 7.61. The summed E-state index contributed by atoms with van der Waals surface area (Å²) in [5, 5.41) is 0. The van der Waals surface area contributed by atoms with E-state index >= 15 is 0 Å². The molecule has 1 rings (SSSR count). The van der Waals surface area contributed by atoms with Crippen molar-refractivity contribution in [3.05, 3.63) is 34.1 Å². The molecule has 1 aromatic carbocycles. The summed E-state index contributed by atoms with van der Waals surface area (Å²) in [5.41, 5.74) is 0.546. The van der Waals surface area contributed by atoms with Crippen LogP contribution in [0.5, 0.6) is 0 Å². The standard InChI is InChI=1S/C13H19BrFNOS/c1-5-12(16-18(17)13(2,3)4)10-8-9(14)6-7-11(10)15/h6-8,12,16H,5H2,1-4H3. The van der Waals surface area contributed by atoms with Crippen molar-refractivity contribution in [2.24, 2.45) is 0 Å². The Hall–Kier alpha value is -0.100. The van der Waals surface area contributed by atoms with Gasteiger partial charge in [0.1, 0.15) is 10.6 Å². The van der Waals surface area contributed by atoms with E-state index in [-0.39, 0.29) is 16.6 Å². The van der Waals surface area contributed by atoms with E-state index in [1.165, 1.54) is 6.07 Å². The summed E-state index contributed by atoms with van der Waals surface area (Å²) in [6.07, 6.45) is 0.676. The molecular weight excluding hydrogens is 317 g/mol. The lowest BCUT2D eigenvalue weighted by atomic mass is 10.1. The predicted octanol–water partition coefficient (Wildman–Crippen LogP) is 4.09. The molecule has 0 amide bonds. The summed E-state index contributed by atoms with van der Waals surface area (Å²) in [4.78, 5) is 0. The predicted molar refractivity (Wildman–Crippen MR) is 78.2 cm³/mol. The van der Waals surface area contributed by atoms with E-state index in [2.05, 4.69) is 20.7 Å². The summed E-state index contributed by atoms with van der Waals surface area (Å²) >= 11 is 2.11. The van der Waals surface area contributed by atoms with Crippen molar-refractivity contribution in [2.45, 2.75) is 44.9 Å². The highest BCUT2D eigenvalue weighted by Crippen LogP contribution is 2.26. The van der Waals surface area contributed by atoms with Gasteiger partial charge in [-0.1, -0.05) is 22.9 Å². The molecule has 0 fully saturated rings. The minimum atomic E-state index is -1.21. The molecule has 0 radical (unpaired) electrons. The van der Waals surface area contributed by atoms with E-state index in [0.717, 1.165) is 4.47 Å². The first kappa shape index (κ1) is 16.0. The average Bonchev–Trinajstić information content (AvgIpc) is 2.28. The van der Waals surface area contributed by atoms with Gasteiger partial charge in [0.05, 0.1) is 6.04 Å². The van der Waals surface area contributed by atoms with Gasteiger partial charge in [-0.2, -0.15) is 0 Å². The molecular formula is C13H19BrFNOS. The highest BCUT2D eigenvalue weighted by Gasteiger charge is 2.30. The van der Waals surface area contributed by atoms with E-state index in [0.29, 0.717) is 12.0 Å². The van der Waals surface area contributed by atoms with Gasteiger partial charge in [-0.05, 0) is 45.4 Å². The van der Waals surface area contributed by atoms with Crippen molar-refractivity contribution in [3.63, 3.8) is 0 Å². The van der Waals surface area contributed by atoms with Crippen LogP contribution in [-0.4, -0.2) is 9.30 Å². The SMILES string of the molecule is CCC(N[S+]([O-])C(C)(C)C)c1cc(Br)ccc1F. The highest BCUT2D eigenvalue weighted by atomic mass is 79.9. The van der Waals surface area contributed by atoms with Crippen LogP contribution in [0.2, 0.25) is 0 Å². The van der Waals surface area contributed by atoms with Gasteiger partial charge in [-0.25, -0.2) is 4.39 Å². The highest BCUT2D eigenvalue weighted by molar-refractivity contribution is 9.10. The van der Waals surface area contributed by atoms with Gasteiger partial charge in [0.2, 0.25) is 0 Å². The molecule has 1 N–H and O–H groups in total. The van der Waals surface area contributed by atoms with Crippen molar-refractivity contribution in [1.82, 2.24) is 4.72 Å². The second-order valence-corrected chi connectivity index (χ2v) is 8.04. The Morgan fingerprint density at radius 2 is 2.06 bits per heavy atom. The Morgan fingerprint density at radius 3 is 2.56 bits per heavy atom. The van der Waals surface area contributed by atoms with Gasteiger partial charge in [0.15, 0.2) is 0 Å². The number of nitrogens with one attached hydrogen (secondary N) is 1. The van der Waals surface area contributed by atoms with Crippen molar-refractivity contribution in [3.8, 4) is 0 Å². The second kappa shape index (κ2) is 6.37. The third kappa shape index (κ3) is 4.23. The number of hydrogen-bond donors (Lipinski definition) is 1. The van der Waals surface area contributed by atoms with Gasteiger partial charge in [0, 0.05) is 21.4 Å². The maximum absolute atomic E-state index is 13.8. The van der Waals surface area contributed by atoms with E-state index in [1.807, 2.05) is 27.7 Å². The van der Waals surface area contributed by atoms with Crippen LogP contribution in [0.1, 0.15) is 45.7 Å². The topological polar surface area (TPSA) is 35.1 Å². The van der Waals surface area contributed by atoms with E-state index in [1.54, 1.807) is 12.1 Å². The summed E-state index contributed by atoms with van der Waals surface area (Å²) in [7, 11) is 0. The summed E-state index contributed by atoms with van der Waals surface area (Å²) in [6, 6.07) is 4.56. The summed E-state index contributed by atoms with van der Waals surface area (Å²) in [5.74, 6) is -0.275. The molecule has 0 heterocycles. The van der Waals surface area contributed by atoms with Crippen LogP contribution in [0.3, 0.4) is 0 Å². The van der Waals surface area contributed by atoms with E-state index in [9.17, 15) is 8.94 Å². The second-order valence-electron chi connectivity index (χ2n) is 5.13. The minimum absolute atomic E-state index is 0.248. The maximum Gasteiger partial charge on any atom is 0.136 e. The minimum Gasteiger partial charge on any atom is -0.598 e. The molecule has 0 aliphatic heterocycles. The third-order valence-electron chi connectivity index (χ3n) is 2.55. The Kier molecular flexibility index (Phi) is 5.65. The van der Waals surface area contributed by atoms with Gasteiger partial charge >= 0.3 is 0 Å². The largest absolute Gasteiger partial charge is 0.598 e. The molecule has 1 aromatic rings. The Morgan fingerprint density at radius 1 is 1.44 bits per heavy atom. The molecule has 0 saturated heterocycles. The zero-order chi connectivity index (χ0) is 13.9. The third-order valence-corrected chi connectivity index (χ3v) is 4.65. The maximum atomic E-state index is 13.8. The fraction of sp³-hybridized carbons (Fsp3) is 0.538. The Bertz CT molecular complexity index is 408. The molecule has 0 aliphatic rings. The first-order chi connectivity index (χ1) is 8.25. The zero-order valence-electron chi connectivity index (χ0n) is 11.1. The number of halogens is 2. The number of hydrogen-bond acceptors (Lipinski definition) is 2. The first-order valence-corrected chi connectivity index (χ1v) is 7.83. The quantitative estimate of drug-likeness (QED) is 0.841. The average molecular weight is 336 g/mol. The van der Waals surface area contributed by atoms with Gasteiger partial charge in [0.25, 0.3) is 0 Å². The fourth-order valence-corrected chi connectivity index (χ4v) is 2.74. The monoisotopic (exact) mass is 335 g/mol. The molecule has 0 spiro atoms. The lowest BCUT2D eigenvalue weighted by Crippen LogP contribution is -2.41. The van der Waals surface area contributed by atoms with Crippen LogP contribution in [0.4, 0.5) is 4.39 Å². The number of benzene rings is 1. The van der Waals surface area contributed by atoms with Crippen molar-refractivity contribution < 1.29 is 8.94 Å². The van der Waals surface area contributed by atoms with Crippen molar-refractivity contribution in [1.29, 1.82) is 0 Å². The van der Waals surface area contributed by atoms with Crippen molar-refractivity contribution >= 4 is 27.3 Å². The van der Waals surface area contributed by atoms with Gasteiger partial charge in [-0.15, -0.1) is 4.72 Å². The molecule has 102 valence electrons. The van der Waals surface area contributed by atoms with Crippen LogP contribution in [0.15, 0.2) is 22.7 Å². The molecule has 2 atom stereocenters. The molecule has 0 aromatic heterocycles. The molecule has 18 heavy (non-hydrogen) atoms. The normalized spacial score (nSPS) is 15.5. The van der Waals surface area contributed by atoms with Crippen LogP contribution in [0, 0.1) is 5.82 Å². The number of rotatable bonds is 4. The molecule has 0 aliphatic carbocycles. The molecule has 0 saturated carbocycles. The van der Waals surface area contributed by atoms with Crippen LogP contribution < -0.4 is 4.72 Å². The van der Waals surface area contributed by atoms with E-state index in [4.69, 9.17) is 0 Å². The molecule has 2 nitrogen and oxygen atoms in total. The van der Waals surface area contributed by atoms with Gasteiger partial charge < -0.3 is 4.55 Å². The van der Waals surface area contributed by atoms with Crippen LogP contribution >= 0.6 is 15.9 Å².